The van der Waals surface area contributed by atoms with Crippen LogP contribution in [0.2, 0.25) is 0 Å². The Kier molecular flexibility index (Phi) is 4.37. The molecule has 1 amide bonds. The second-order valence-corrected chi connectivity index (χ2v) is 5.28. The fourth-order valence-corrected chi connectivity index (χ4v) is 1.38. The van der Waals surface area contributed by atoms with E-state index in [1.807, 2.05) is 13.8 Å². The molecule has 1 atom stereocenters. The maximum Gasteiger partial charge on any atom is 0.407 e. The van der Waals surface area contributed by atoms with Crippen molar-refractivity contribution in [3.63, 3.8) is 0 Å². The molecule has 0 aromatic heterocycles. The van der Waals surface area contributed by atoms with Crippen LogP contribution >= 0.6 is 0 Å². The summed E-state index contributed by atoms with van der Waals surface area (Å²) in [6, 6.07) is -0.648. The van der Waals surface area contributed by atoms with Crippen LogP contribution in [0.1, 0.15) is 33.6 Å². The van der Waals surface area contributed by atoms with Gasteiger partial charge in [-0.25, -0.2) is 9.59 Å². The van der Waals surface area contributed by atoms with E-state index < -0.39 is 18.1 Å². The molecule has 5 heteroatoms. The average Bonchev–Trinajstić information content (AvgIpc) is 3.01. The Bertz CT molecular complexity index is 297. The smallest absolute Gasteiger partial charge is 0.407 e. The molecule has 0 saturated heterocycles. The Morgan fingerprint density at radius 1 is 1.35 bits per heavy atom. The zero-order valence-electron chi connectivity index (χ0n) is 10.9. The number of ether oxygens (including phenoxy) is 2. The lowest BCUT2D eigenvalue weighted by Crippen LogP contribution is -2.45. The first-order chi connectivity index (χ1) is 7.88. The van der Waals surface area contributed by atoms with E-state index in [0.29, 0.717) is 6.61 Å². The number of carbonyl (C=O) groups excluding carboxylic acids is 2. The van der Waals surface area contributed by atoms with E-state index in [1.54, 1.807) is 0 Å². The van der Waals surface area contributed by atoms with Crippen LogP contribution < -0.4 is 5.32 Å². The Hall–Kier alpha value is -1.26. The molecule has 0 bridgehead atoms. The summed E-state index contributed by atoms with van der Waals surface area (Å²) in [6.07, 6.45) is 1.58. The van der Waals surface area contributed by atoms with Crippen molar-refractivity contribution in [1.82, 2.24) is 5.32 Å². The Labute approximate surface area is 102 Å². The molecule has 0 aliphatic heterocycles. The standard InChI is InChI=1S/C12H21NO4/c1-8(2)9(13-11(15)16-4)10(14)17-7-12(3)5-6-12/h8-9H,5-7H2,1-4H3,(H,13,15)/t9-/m0/s1. The average molecular weight is 243 g/mol. The quantitative estimate of drug-likeness (QED) is 0.746. The van der Waals surface area contributed by atoms with Crippen LogP contribution in [0.15, 0.2) is 0 Å². The number of alkyl carbamates (subject to hydrolysis) is 1. The molecule has 98 valence electrons. The molecule has 1 aliphatic rings. The van der Waals surface area contributed by atoms with Crippen LogP contribution in [-0.4, -0.2) is 31.8 Å². The van der Waals surface area contributed by atoms with Crippen LogP contribution in [0.4, 0.5) is 4.79 Å². The van der Waals surface area contributed by atoms with Gasteiger partial charge in [-0.3, -0.25) is 0 Å². The largest absolute Gasteiger partial charge is 0.464 e. The van der Waals surface area contributed by atoms with Crippen molar-refractivity contribution in [3.8, 4) is 0 Å². The zero-order valence-corrected chi connectivity index (χ0v) is 10.9. The monoisotopic (exact) mass is 243 g/mol. The zero-order chi connectivity index (χ0) is 13.1. The van der Waals surface area contributed by atoms with Crippen LogP contribution in [0.3, 0.4) is 0 Å². The lowest BCUT2D eigenvalue weighted by molar-refractivity contribution is -0.148. The summed E-state index contributed by atoms with van der Waals surface area (Å²) in [5.41, 5.74) is 0.155. The third-order valence-corrected chi connectivity index (χ3v) is 3.05. The van der Waals surface area contributed by atoms with Gasteiger partial charge < -0.3 is 14.8 Å². The predicted molar refractivity (Wildman–Crippen MR) is 62.5 cm³/mol. The number of esters is 1. The number of nitrogens with one attached hydrogen (secondary N) is 1. The summed E-state index contributed by atoms with van der Waals surface area (Å²) in [7, 11) is 1.27. The van der Waals surface area contributed by atoms with Gasteiger partial charge in [-0.05, 0) is 18.8 Å². The fourth-order valence-electron chi connectivity index (χ4n) is 1.38. The van der Waals surface area contributed by atoms with Crippen molar-refractivity contribution in [2.45, 2.75) is 39.7 Å². The molecule has 1 fully saturated rings. The van der Waals surface area contributed by atoms with Crippen LogP contribution in [-0.2, 0) is 14.3 Å². The van der Waals surface area contributed by atoms with Crippen molar-refractivity contribution in [3.05, 3.63) is 0 Å². The van der Waals surface area contributed by atoms with E-state index in [9.17, 15) is 9.59 Å². The van der Waals surface area contributed by atoms with Crippen LogP contribution in [0, 0.1) is 11.3 Å². The number of methoxy groups -OCH3 is 1. The SMILES string of the molecule is COC(=O)N[C@H](C(=O)OCC1(C)CC1)C(C)C. The highest BCUT2D eigenvalue weighted by Gasteiger charge is 2.39. The number of amides is 1. The lowest BCUT2D eigenvalue weighted by atomic mass is 10.0. The Morgan fingerprint density at radius 3 is 2.35 bits per heavy atom. The summed E-state index contributed by atoms with van der Waals surface area (Å²) >= 11 is 0. The summed E-state index contributed by atoms with van der Waals surface area (Å²) in [5.74, 6) is -0.424. The maximum atomic E-state index is 11.8. The molecular weight excluding hydrogens is 222 g/mol. The molecule has 1 aliphatic carbocycles. The minimum absolute atomic E-state index is 0.0337. The third-order valence-electron chi connectivity index (χ3n) is 3.05. The van der Waals surface area contributed by atoms with Gasteiger partial charge in [0.1, 0.15) is 6.04 Å². The minimum Gasteiger partial charge on any atom is -0.464 e. The predicted octanol–water partition coefficient (Wildman–Crippen LogP) is 1.71. The topological polar surface area (TPSA) is 64.6 Å². The number of rotatable bonds is 5. The number of hydrogen-bond acceptors (Lipinski definition) is 4. The third kappa shape index (κ3) is 4.24. The molecule has 0 heterocycles. The van der Waals surface area contributed by atoms with Gasteiger partial charge in [-0.2, -0.15) is 0 Å². The first kappa shape index (κ1) is 13.8. The molecule has 1 rings (SSSR count). The van der Waals surface area contributed by atoms with Gasteiger partial charge in [-0.1, -0.05) is 20.8 Å². The van der Waals surface area contributed by atoms with Gasteiger partial charge in [0.25, 0.3) is 0 Å². The minimum atomic E-state index is -0.648. The molecule has 0 aromatic carbocycles. The number of hydrogen-bond donors (Lipinski definition) is 1. The van der Waals surface area contributed by atoms with Crippen molar-refractivity contribution in [2.75, 3.05) is 13.7 Å². The molecule has 5 nitrogen and oxygen atoms in total. The molecule has 1 N–H and O–H groups in total. The summed E-state index contributed by atoms with van der Waals surface area (Å²) in [4.78, 5) is 22.9. The van der Waals surface area contributed by atoms with E-state index in [0.717, 1.165) is 12.8 Å². The van der Waals surface area contributed by atoms with Crippen molar-refractivity contribution >= 4 is 12.1 Å². The first-order valence-corrected chi connectivity index (χ1v) is 5.89. The number of carbonyl (C=O) groups is 2. The van der Waals surface area contributed by atoms with Crippen molar-refractivity contribution in [1.29, 1.82) is 0 Å². The van der Waals surface area contributed by atoms with Gasteiger partial charge in [-0.15, -0.1) is 0 Å². The van der Waals surface area contributed by atoms with Gasteiger partial charge >= 0.3 is 12.1 Å². The summed E-state index contributed by atoms with van der Waals surface area (Å²) < 4.78 is 9.71. The van der Waals surface area contributed by atoms with Gasteiger partial charge in [0.2, 0.25) is 0 Å². The molecule has 17 heavy (non-hydrogen) atoms. The molecule has 0 aromatic rings. The van der Waals surface area contributed by atoms with Crippen LogP contribution in [0.5, 0.6) is 0 Å². The highest BCUT2D eigenvalue weighted by atomic mass is 16.5. The fraction of sp³-hybridized carbons (Fsp3) is 0.833. The summed E-state index contributed by atoms with van der Waals surface area (Å²) in [6.45, 7) is 6.21. The van der Waals surface area contributed by atoms with E-state index in [1.165, 1.54) is 7.11 Å². The normalized spacial score (nSPS) is 18.4. The van der Waals surface area contributed by atoms with Gasteiger partial charge in [0.15, 0.2) is 0 Å². The van der Waals surface area contributed by atoms with Crippen molar-refractivity contribution in [2.24, 2.45) is 11.3 Å². The molecular formula is C12H21NO4. The second kappa shape index (κ2) is 5.38. The van der Waals surface area contributed by atoms with E-state index >= 15 is 0 Å². The highest BCUT2D eigenvalue weighted by Crippen LogP contribution is 2.45. The van der Waals surface area contributed by atoms with Gasteiger partial charge in [0, 0.05) is 5.41 Å². The molecule has 0 spiro atoms. The van der Waals surface area contributed by atoms with E-state index in [-0.39, 0.29) is 11.3 Å². The Balaban J connectivity index is 2.45. The maximum absolute atomic E-state index is 11.8. The molecule has 0 unspecified atom stereocenters. The van der Waals surface area contributed by atoms with Crippen LogP contribution in [0.25, 0.3) is 0 Å². The lowest BCUT2D eigenvalue weighted by Gasteiger charge is -2.21. The first-order valence-electron chi connectivity index (χ1n) is 5.89. The van der Waals surface area contributed by atoms with Crippen molar-refractivity contribution < 1.29 is 19.1 Å². The highest BCUT2D eigenvalue weighted by molar-refractivity contribution is 5.81. The van der Waals surface area contributed by atoms with E-state index in [4.69, 9.17) is 4.74 Å². The Morgan fingerprint density at radius 2 is 1.94 bits per heavy atom. The second-order valence-electron chi connectivity index (χ2n) is 5.28. The van der Waals surface area contributed by atoms with Gasteiger partial charge in [0.05, 0.1) is 13.7 Å². The molecule has 1 saturated carbocycles. The summed E-state index contributed by atoms with van der Waals surface area (Å²) in [5, 5.41) is 2.49. The van der Waals surface area contributed by atoms with E-state index in [2.05, 4.69) is 17.0 Å². The molecule has 0 radical (unpaired) electrons.